The summed E-state index contributed by atoms with van der Waals surface area (Å²) in [6, 6.07) is -0.467. The Bertz CT molecular complexity index is 452. The van der Waals surface area contributed by atoms with Crippen LogP contribution in [0.3, 0.4) is 0 Å². The lowest BCUT2D eigenvalue weighted by atomic mass is 9.98. The van der Waals surface area contributed by atoms with Crippen molar-refractivity contribution in [1.82, 2.24) is 15.6 Å². The van der Waals surface area contributed by atoms with Gasteiger partial charge < -0.3 is 15.7 Å². The number of rotatable bonds is 6. The van der Waals surface area contributed by atoms with E-state index >= 15 is 0 Å². The molecule has 0 saturated heterocycles. The van der Waals surface area contributed by atoms with Crippen LogP contribution in [0.15, 0.2) is 5.38 Å². The fraction of sp³-hybridized carbons (Fsp3) is 0.733. The number of aliphatic hydroxyl groups is 1. The molecule has 1 rings (SSSR count). The molecule has 0 aliphatic heterocycles. The van der Waals surface area contributed by atoms with Crippen molar-refractivity contribution in [3.05, 3.63) is 16.1 Å². The van der Waals surface area contributed by atoms with E-state index in [0.29, 0.717) is 12.5 Å². The van der Waals surface area contributed by atoms with Crippen LogP contribution in [0.1, 0.15) is 51.7 Å². The molecule has 3 N–H and O–H groups in total. The van der Waals surface area contributed by atoms with Crippen molar-refractivity contribution >= 4 is 17.4 Å². The molecule has 120 valence electrons. The monoisotopic (exact) mass is 313 g/mol. The van der Waals surface area contributed by atoms with Crippen LogP contribution in [0.4, 0.5) is 4.79 Å². The van der Waals surface area contributed by atoms with Crippen molar-refractivity contribution in [3.8, 4) is 0 Å². The van der Waals surface area contributed by atoms with Crippen LogP contribution >= 0.6 is 11.3 Å². The highest BCUT2D eigenvalue weighted by molar-refractivity contribution is 7.09. The van der Waals surface area contributed by atoms with Gasteiger partial charge >= 0.3 is 6.03 Å². The van der Waals surface area contributed by atoms with E-state index in [2.05, 4.69) is 50.2 Å². The molecule has 0 spiro atoms. The van der Waals surface area contributed by atoms with E-state index in [4.69, 9.17) is 0 Å². The average Bonchev–Trinajstić information content (AvgIpc) is 2.83. The number of nitrogens with zero attached hydrogens (tertiary/aromatic N) is 1. The lowest BCUT2D eigenvalue weighted by molar-refractivity contribution is 0.206. The Balaban J connectivity index is 2.44. The maximum absolute atomic E-state index is 11.8. The van der Waals surface area contributed by atoms with Crippen molar-refractivity contribution in [2.45, 2.75) is 59.0 Å². The van der Waals surface area contributed by atoms with Crippen LogP contribution in [0.2, 0.25) is 0 Å². The smallest absolute Gasteiger partial charge is 0.315 e. The molecule has 2 amide bonds. The number of aliphatic hydroxyl groups excluding tert-OH is 1. The second kappa shape index (κ2) is 7.75. The highest BCUT2D eigenvalue weighted by Gasteiger charge is 2.18. The summed E-state index contributed by atoms with van der Waals surface area (Å²) in [6.45, 7) is 10.8. The molecule has 0 bridgehead atoms. The molecule has 0 aliphatic carbocycles. The Hall–Kier alpha value is -1.14. The van der Waals surface area contributed by atoms with Crippen molar-refractivity contribution in [2.24, 2.45) is 5.92 Å². The topological polar surface area (TPSA) is 74.2 Å². The maximum Gasteiger partial charge on any atom is 0.315 e. The Labute approximate surface area is 131 Å². The van der Waals surface area contributed by atoms with Gasteiger partial charge in [0.2, 0.25) is 0 Å². The number of thiazole rings is 1. The first kappa shape index (κ1) is 17.9. The fourth-order valence-electron chi connectivity index (χ4n) is 1.89. The largest absolute Gasteiger partial charge is 0.394 e. The molecule has 0 aliphatic rings. The highest BCUT2D eigenvalue weighted by atomic mass is 32.1. The van der Waals surface area contributed by atoms with Crippen molar-refractivity contribution in [2.75, 3.05) is 6.61 Å². The molecular weight excluding hydrogens is 286 g/mol. The summed E-state index contributed by atoms with van der Waals surface area (Å²) in [7, 11) is 0. The van der Waals surface area contributed by atoms with Crippen LogP contribution in [0, 0.1) is 5.92 Å². The second-order valence-electron chi connectivity index (χ2n) is 6.73. The molecule has 5 nitrogen and oxygen atoms in total. The fourth-order valence-corrected chi connectivity index (χ4v) is 2.80. The van der Waals surface area contributed by atoms with E-state index < -0.39 is 0 Å². The zero-order valence-corrected chi connectivity index (χ0v) is 14.4. The molecule has 0 saturated carbocycles. The van der Waals surface area contributed by atoms with Gasteiger partial charge in [-0.25, -0.2) is 9.78 Å². The maximum atomic E-state index is 11.8. The molecular formula is C15H27N3O2S. The third-order valence-electron chi connectivity index (χ3n) is 2.93. The molecule has 0 radical (unpaired) electrons. The molecule has 0 aromatic carbocycles. The first-order valence-electron chi connectivity index (χ1n) is 7.32. The minimum Gasteiger partial charge on any atom is -0.394 e. The summed E-state index contributed by atoms with van der Waals surface area (Å²) in [5, 5.41) is 17.8. The van der Waals surface area contributed by atoms with E-state index in [1.54, 1.807) is 11.3 Å². The number of hydrogen-bond acceptors (Lipinski definition) is 4. The zero-order valence-electron chi connectivity index (χ0n) is 13.6. The van der Waals surface area contributed by atoms with E-state index in [9.17, 15) is 9.90 Å². The molecule has 1 atom stereocenters. The van der Waals surface area contributed by atoms with Crippen molar-refractivity contribution in [1.29, 1.82) is 0 Å². The van der Waals surface area contributed by atoms with E-state index in [1.165, 1.54) is 0 Å². The zero-order chi connectivity index (χ0) is 16.0. The van der Waals surface area contributed by atoms with Gasteiger partial charge in [-0.2, -0.15) is 0 Å². The third-order valence-corrected chi connectivity index (χ3v) is 4.25. The minimum atomic E-state index is -0.264. The van der Waals surface area contributed by atoms with E-state index in [0.717, 1.165) is 17.1 Å². The van der Waals surface area contributed by atoms with E-state index in [1.807, 2.05) is 5.38 Å². The molecule has 0 fully saturated rings. The van der Waals surface area contributed by atoms with Crippen LogP contribution in [-0.4, -0.2) is 28.8 Å². The van der Waals surface area contributed by atoms with Crippen LogP contribution in [0.25, 0.3) is 0 Å². The summed E-state index contributed by atoms with van der Waals surface area (Å²) in [5.41, 5.74) is 0.897. The predicted octanol–water partition coefficient (Wildman–Crippen LogP) is 2.65. The lowest BCUT2D eigenvalue weighted by Gasteiger charge is -2.18. The van der Waals surface area contributed by atoms with Crippen LogP contribution < -0.4 is 10.6 Å². The summed E-state index contributed by atoms with van der Waals surface area (Å²) in [5.74, 6) is 0.426. The summed E-state index contributed by atoms with van der Waals surface area (Å²) in [4.78, 5) is 16.3. The Morgan fingerprint density at radius 3 is 2.57 bits per heavy atom. The number of nitrogens with one attached hydrogen (secondary N) is 2. The molecule has 1 aromatic heterocycles. The number of carbonyl (C=O) groups is 1. The van der Waals surface area contributed by atoms with Gasteiger partial charge in [0, 0.05) is 10.8 Å². The molecule has 1 unspecified atom stereocenters. The van der Waals surface area contributed by atoms with E-state index in [-0.39, 0.29) is 24.1 Å². The van der Waals surface area contributed by atoms with Gasteiger partial charge in [0.05, 0.1) is 29.9 Å². The third kappa shape index (κ3) is 6.44. The molecule has 1 heterocycles. The van der Waals surface area contributed by atoms with Crippen LogP contribution in [0.5, 0.6) is 0 Å². The Morgan fingerprint density at radius 1 is 1.43 bits per heavy atom. The average molecular weight is 313 g/mol. The Kier molecular flexibility index (Phi) is 6.61. The SMILES string of the molecule is CC(C)CC(CO)NC(=O)NCc1csc(C(C)(C)C)n1. The first-order chi connectivity index (χ1) is 9.72. The lowest BCUT2D eigenvalue weighted by Crippen LogP contribution is -2.44. The summed E-state index contributed by atoms with van der Waals surface area (Å²) >= 11 is 1.61. The molecule has 1 aromatic rings. The number of aromatic nitrogens is 1. The highest BCUT2D eigenvalue weighted by Crippen LogP contribution is 2.25. The summed E-state index contributed by atoms with van der Waals surface area (Å²) < 4.78 is 0. The van der Waals surface area contributed by atoms with Gasteiger partial charge in [0.1, 0.15) is 0 Å². The second-order valence-corrected chi connectivity index (χ2v) is 7.59. The normalized spacial score (nSPS) is 13.3. The first-order valence-corrected chi connectivity index (χ1v) is 8.20. The van der Waals surface area contributed by atoms with Gasteiger partial charge in [-0.1, -0.05) is 34.6 Å². The number of hydrogen-bond donors (Lipinski definition) is 3. The molecule has 6 heteroatoms. The molecule has 21 heavy (non-hydrogen) atoms. The van der Waals surface area contributed by atoms with Crippen molar-refractivity contribution < 1.29 is 9.90 Å². The van der Waals surface area contributed by atoms with Gasteiger partial charge in [-0.15, -0.1) is 11.3 Å². The minimum absolute atomic E-state index is 0.0322. The predicted molar refractivity (Wildman–Crippen MR) is 86.5 cm³/mol. The van der Waals surface area contributed by atoms with Crippen LogP contribution in [-0.2, 0) is 12.0 Å². The van der Waals surface area contributed by atoms with Gasteiger partial charge in [0.25, 0.3) is 0 Å². The number of carbonyl (C=O) groups excluding carboxylic acids is 1. The standard InChI is InChI=1S/C15H27N3O2S/c1-10(2)6-11(8-19)18-14(20)16-7-12-9-21-13(17-12)15(3,4)5/h9-11,19H,6-8H2,1-5H3,(H2,16,18,20). The number of amides is 2. The van der Waals surface area contributed by atoms with Gasteiger partial charge in [-0.05, 0) is 12.3 Å². The van der Waals surface area contributed by atoms with Gasteiger partial charge in [-0.3, -0.25) is 0 Å². The summed E-state index contributed by atoms with van der Waals surface area (Å²) in [6.07, 6.45) is 0.759. The Morgan fingerprint density at radius 2 is 2.10 bits per heavy atom. The quantitative estimate of drug-likeness (QED) is 0.756. The van der Waals surface area contributed by atoms with Gasteiger partial charge in [0.15, 0.2) is 0 Å². The van der Waals surface area contributed by atoms with Crippen molar-refractivity contribution in [3.63, 3.8) is 0 Å². The number of urea groups is 1.